The molecule has 7 atom stereocenters. The van der Waals surface area contributed by atoms with E-state index in [1.165, 1.54) is 0 Å². The Hall–Kier alpha value is -2.03. The fourth-order valence-electron chi connectivity index (χ4n) is 4.31. The lowest BCUT2D eigenvalue weighted by molar-refractivity contribution is -0.262. The molecule has 0 radical (unpaired) electrons. The van der Waals surface area contributed by atoms with Crippen LogP contribution in [0.25, 0.3) is 0 Å². The van der Waals surface area contributed by atoms with E-state index in [1.807, 2.05) is 0 Å². The fourth-order valence-corrected chi connectivity index (χ4v) is 4.76. The summed E-state index contributed by atoms with van der Waals surface area (Å²) in [7, 11) is -6.85. The Bertz CT molecular complexity index is 854. The van der Waals surface area contributed by atoms with Gasteiger partial charge in [-0.05, 0) is 6.42 Å². The van der Waals surface area contributed by atoms with E-state index in [1.54, 1.807) is 0 Å². The molecule has 2 saturated carbocycles. The highest BCUT2D eigenvalue weighted by Gasteiger charge is 2.71. The molecule has 0 aromatic heterocycles. The smallest absolute Gasteiger partial charge is 0.432 e. The number of halogens is 5. The Kier molecular flexibility index (Phi) is 4.85. The van der Waals surface area contributed by atoms with E-state index < -0.39 is 81.4 Å². The molecule has 2 bridgehead atoms. The van der Waals surface area contributed by atoms with Gasteiger partial charge in [0.1, 0.15) is 12.2 Å². The number of rotatable bonds is 5. The fraction of sp³-hybridized carbons (Fsp3) is 0.786. The van der Waals surface area contributed by atoms with Crippen molar-refractivity contribution < 1.29 is 63.5 Å². The molecule has 7 unspecified atom stereocenters. The van der Waals surface area contributed by atoms with E-state index in [0.717, 1.165) is 6.92 Å². The monoisotopic (exact) mass is 451 g/mol. The van der Waals surface area contributed by atoms with Crippen molar-refractivity contribution in [2.24, 2.45) is 23.7 Å². The topological polar surface area (TPSA) is 136 Å². The lowest BCUT2D eigenvalue weighted by Gasteiger charge is -2.33. The molecule has 2 aliphatic carbocycles. The zero-order valence-electron chi connectivity index (χ0n) is 14.2. The third kappa shape index (κ3) is 3.33. The maximum absolute atomic E-state index is 13.6. The largest absolute Gasteiger partial charge is 0.743 e. The van der Waals surface area contributed by atoms with Gasteiger partial charge in [-0.25, -0.2) is 8.42 Å². The van der Waals surface area contributed by atoms with Crippen LogP contribution in [-0.4, -0.2) is 60.6 Å². The van der Waals surface area contributed by atoms with Gasteiger partial charge < -0.3 is 18.8 Å². The van der Waals surface area contributed by atoms with Gasteiger partial charge in [-0.1, -0.05) is 0 Å². The number of carbonyl (C=O) groups excluding carboxylic acids is 3. The molecule has 0 spiro atoms. The zero-order chi connectivity index (χ0) is 22.1. The minimum absolute atomic E-state index is 0.00567. The first-order chi connectivity index (χ1) is 13.1. The van der Waals surface area contributed by atoms with Gasteiger partial charge in [0.25, 0.3) is 6.10 Å². The second-order valence-corrected chi connectivity index (χ2v) is 8.42. The molecule has 0 amide bonds. The molecule has 0 N–H and O–H groups in total. The summed E-state index contributed by atoms with van der Waals surface area (Å²) in [5.74, 6) is -8.67. The molecular weight excluding hydrogens is 439 g/mol. The Morgan fingerprint density at radius 2 is 1.79 bits per heavy atom. The second-order valence-electron chi connectivity index (χ2n) is 6.96. The summed E-state index contributed by atoms with van der Waals surface area (Å²) in [6.07, 6.45) is -12.8. The molecule has 1 aliphatic heterocycles. The third-order valence-electron chi connectivity index (χ3n) is 5.29. The number of fused-ring (bicyclic) bond motifs is 1. The van der Waals surface area contributed by atoms with Crippen LogP contribution in [0, 0.1) is 23.7 Å². The molecule has 164 valence electrons. The van der Waals surface area contributed by atoms with Crippen molar-refractivity contribution in [1.82, 2.24) is 0 Å². The Morgan fingerprint density at radius 1 is 1.21 bits per heavy atom. The molecule has 3 aliphatic rings. The van der Waals surface area contributed by atoms with E-state index in [0.29, 0.717) is 0 Å². The maximum atomic E-state index is 13.6. The van der Waals surface area contributed by atoms with E-state index in [9.17, 15) is 49.3 Å². The third-order valence-corrected chi connectivity index (χ3v) is 6.17. The van der Waals surface area contributed by atoms with Crippen molar-refractivity contribution in [3.63, 3.8) is 0 Å². The van der Waals surface area contributed by atoms with Crippen LogP contribution < -0.4 is 0 Å². The predicted octanol–water partition coefficient (Wildman–Crippen LogP) is 0.338. The van der Waals surface area contributed by atoms with Crippen LogP contribution in [0.1, 0.15) is 13.3 Å². The van der Waals surface area contributed by atoms with Crippen molar-refractivity contribution in [2.45, 2.75) is 43.1 Å². The van der Waals surface area contributed by atoms with Crippen molar-refractivity contribution in [3.8, 4) is 0 Å². The van der Waals surface area contributed by atoms with Crippen molar-refractivity contribution >= 4 is 28.0 Å². The van der Waals surface area contributed by atoms with Crippen molar-refractivity contribution in [1.29, 1.82) is 0 Å². The van der Waals surface area contributed by atoms with Gasteiger partial charge in [-0.2, -0.15) is 22.0 Å². The summed E-state index contributed by atoms with van der Waals surface area (Å²) in [6, 6.07) is 0. The summed E-state index contributed by atoms with van der Waals surface area (Å²) < 4.78 is 112. The van der Waals surface area contributed by atoms with Gasteiger partial charge in [0.2, 0.25) is 0 Å². The minimum atomic E-state index is -6.85. The quantitative estimate of drug-likeness (QED) is 0.251. The molecule has 3 rings (SSSR count). The number of esters is 3. The lowest BCUT2D eigenvalue weighted by atomic mass is 9.78. The standard InChI is InChI=1S/C14H13F5O9S/c1-3(20)26-8-4-2-5-6(10(21)27-9(5)8)7(4)11(22)28-12(13(15,16)17)14(18,19)29(23,24)25/h4-9,12H,2H2,1H3,(H,23,24,25)/p-1. The molecule has 1 heterocycles. The van der Waals surface area contributed by atoms with Crippen LogP contribution in [0.4, 0.5) is 22.0 Å². The van der Waals surface area contributed by atoms with Crippen LogP contribution in [0.3, 0.4) is 0 Å². The molecule has 1 saturated heterocycles. The van der Waals surface area contributed by atoms with Crippen LogP contribution in [-0.2, 0) is 38.7 Å². The van der Waals surface area contributed by atoms with Crippen LogP contribution in [0.5, 0.6) is 0 Å². The van der Waals surface area contributed by atoms with Gasteiger partial charge in [0.15, 0.2) is 10.1 Å². The van der Waals surface area contributed by atoms with Gasteiger partial charge in [-0.3, -0.25) is 14.4 Å². The average molecular weight is 451 g/mol. The van der Waals surface area contributed by atoms with Crippen LogP contribution >= 0.6 is 0 Å². The molecular formula is C14H12F5O9S-. The zero-order valence-corrected chi connectivity index (χ0v) is 15.0. The van der Waals surface area contributed by atoms with Gasteiger partial charge >= 0.3 is 29.3 Å². The van der Waals surface area contributed by atoms with Gasteiger partial charge in [-0.15, -0.1) is 0 Å². The molecule has 0 aromatic carbocycles. The molecule has 9 nitrogen and oxygen atoms in total. The molecule has 3 fully saturated rings. The first kappa shape index (κ1) is 21.7. The number of alkyl halides is 5. The lowest BCUT2D eigenvalue weighted by Crippen LogP contribution is -2.54. The summed E-state index contributed by atoms with van der Waals surface area (Å²) in [6.45, 7) is 0.993. The average Bonchev–Trinajstić information content (AvgIpc) is 3.13. The highest BCUT2D eigenvalue weighted by molar-refractivity contribution is 7.86. The summed E-state index contributed by atoms with van der Waals surface area (Å²) >= 11 is 0. The van der Waals surface area contributed by atoms with Crippen molar-refractivity contribution in [2.75, 3.05) is 0 Å². The highest BCUT2D eigenvalue weighted by atomic mass is 32.2. The van der Waals surface area contributed by atoms with E-state index in [2.05, 4.69) is 4.74 Å². The predicted molar refractivity (Wildman–Crippen MR) is 74.6 cm³/mol. The molecule has 0 aromatic rings. The normalized spacial score (nSPS) is 34.7. The Labute approximate surface area is 159 Å². The molecule has 29 heavy (non-hydrogen) atoms. The summed E-state index contributed by atoms with van der Waals surface area (Å²) in [5, 5.41) is -6.01. The van der Waals surface area contributed by atoms with E-state index in [-0.39, 0.29) is 6.42 Å². The minimum Gasteiger partial charge on any atom is -0.743 e. The van der Waals surface area contributed by atoms with Crippen molar-refractivity contribution in [3.05, 3.63) is 0 Å². The first-order valence-electron chi connectivity index (χ1n) is 8.05. The number of carbonyl (C=O) groups is 3. The van der Waals surface area contributed by atoms with Crippen LogP contribution in [0.15, 0.2) is 0 Å². The van der Waals surface area contributed by atoms with E-state index in [4.69, 9.17) is 9.47 Å². The summed E-state index contributed by atoms with van der Waals surface area (Å²) in [4.78, 5) is 35.6. The number of hydrogen-bond donors (Lipinski definition) is 0. The van der Waals surface area contributed by atoms with Crippen LogP contribution in [0.2, 0.25) is 0 Å². The number of ether oxygens (including phenoxy) is 3. The molecule has 15 heteroatoms. The second kappa shape index (κ2) is 6.48. The highest BCUT2D eigenvalue weighted by Crippen LogP contribution is 2.59. The van der Waals surface area contributed by atoms with E-state index >= 15 is 0 Å². The number of hydrogen-bond acceptors (Lipinski definition) is 9. The Balaban J connectivity index is 1.91. The maximum Gasteiger partial charge on any atom is 0.432 e. The van der Waals surface area contributed by atoms with Gasteiger partial charge in [0, 0.05) is 18.8 Å². The first-order valence-corrected chi connectivity index (χ1v) is 9.46. The Morgan fingerprint density at radius 3 is 2.28 bits per heavy atom. The SMILES string of the molecule is CC(=O)OC1C2CC3C1OC(=O)C3C2C(=O)OC(C(F)(F)F)C(F)(F)S(=O)(=O)[O-]. The van der Waals surface area contributed by atoms with Gasteiger partial charge in [0.05, 0.1) is 11.8 Å². The summed E-state index contributed by atoms with van der Waals surface area (Å²) in [5.41, 5.74) is 0.